The quantitative estimate of drug-likeness (QED) is 0.392. The van der Waals surface area contributed by atoms with E-state index in [0.29, 0.717) is 47.1 Å². The third-order valence-corrected chi connectivity index (χ3v) is 5.26. The maximum absolute atomic E-state index is 12.4. The molecule has 4 rings (SSSR count). The molecule has 0 radical (unpaired) electrons. The minimum absolute atomic E-state index is 0.165. The van der Waals surface area contributed by atoms with Gasteiger partial charge >= 0.3 is 0 Å². The molecule has 2 aromatic heterocycles. The summed E-state index contributed by atoms with van der Waals surface area (Å²) in [5.74, 6) is 0.742. The second-order valence-corrected chi connectivity index (χ2v) is 7.28. The number of H-pyrrole nitrogens is 1. The molecular formula is C19H19N5O4S. The van der Waals surface area contributed by atoms with Gasteiger partial charge in [0, 0.05) is 29.5 Å². The number of benzene rings is 1. The second kappa shape index (κ2) is 7.84. The summed E-state index contributed by atoms with van der Waals surface area (Å²) in [6.45, 7) is 0.396. The Morgan fingerprint density at radius 3 is 2.83 bits per heavy atom. The molecule has 0 unspecified atom stereocenters. The van der Waals surface area contributed by atoms with Crippen molar-refractivity contribution in [2.75, 3.05) is 17.7 Å². The van der Waals surface area contributed by atoms with Crippen LogP contribution in [0.4, 0.5) is 11.1 Å². The van der Waals surface area contributed by atoms with E-state index in [0.717, 1.165) is 11.5 Å². The van der Waals surface area contributed by atoms with E-state index in [4.69, 9.17) is 4.74 Å². The van der Waals surface area contributed by atoms with Gasteiger partial charge in [-0.15, -0.1) is 11.3 Å². The normalized spacial score (nSPS) is 13.7. The summed E-state index contributed by atoms with van der Waals surface area (Å²) in [7, 11) is 1.62. The Kier molecular flexibility index (Phi) is 5.09. The van der Waals surface area contributed by atoms with Crippen LogP contribution in [-0.2, 0) is 16.1 Å². The number of fused-ring (bicyclic) bond motifs is 1. The van der Waals surface area contributed by atoms with Gasteiger partial charge in [-0.2, -0.15) is 0 Å². The minimum Gasteiger partial charge on any atom is -0.504 e. The van der Waals surface area contributed by atoms with Crippen molar-refractivity contribution >= 4 is 39.4 Å². The van der Waals surface area contributed by atoms with Crippen LogP contribution in [-0.4, -0.2) is 38.2 Å². The summed E-state index contributed by atoms with van der Waals surface area (Å²) in [4.78, 5) is 24.1. The number of thiazole rings is 1. The molecule has 0 spiro atoms. The first-order valence-electron chi connectivity index (χ1n) is 8.87. The van der Waals surface area contributed by atoms with Gasteiger partial charge in [-0.1, -0.05) is 6.08 Å². The number of imidazole rings is 1. The number of phenols is 2. The summed E-state index contributed by atoms with van der Waals surface area (Å²) in [5, 5.41) is 27.4. The molecule has 0 aliphatic heterocycles. The molecule has 0 fully saturated rings. The standard InChI is InChI=1S/C19H19N5O4S/c1-28-12-4-2-10(3-5-12)17(27)24-19-21-11(9-29-19)8-20-18-22-13-6-15(25)16(26)7-14(13)23-18/h2,4,6-7,9,25-26H,3,5,8H2,1H3,(H2,20,22,23)(H,21,24,27). The average molecular weight is 413 g/mol. The van der Waals surface area contributed by atoms with Gasteiger partial charge in [0.25, 0.3) is 5.91 Å². The lowest BCUT2D eigenvalue weighted by molar-refractivity contribution is -0.113. The first kappa shape index (κ1) is 18.8. The maximum Gasteiger partial charge on any atom is 0.253 e. The van der Waals surface area contributed by atoms with Crippen LogP contribution >= 0.6 is 11.3 Å². The fourth-order valence-corrected chi connectivity index (χ4v) is 3.60. The van der Waals surface area contributed by atoms with Gasteiger partial charge in [0.2, 0.25) is 5.95 Å². The second-order valence-electron chi connectivity index (χ2n) is 6.42. The number of ether oxygens (including phenoxy) is 1. The van der Waals surface area contributed by atoms with Crippen molar-refractivity contribution in [2.45, 2.75) is 19.4 Å². The number of carbonyl (C=O) groups is 1. The van der Waals surface area contributed by atoms with Crippen molar-refractivity contribution in [1.29, 1.82) is 0 Å². The van der Waals surface area contributed by atoms with E-state index < -0.39 is 0 Å². The SMILES string of the molecule is COC1=CC=C(C(=O)Nc2nc(CNc3nc4cc(O)c(O)cc4[nH]3)cs2)CC1. The number of nitrogens with one attached hydrogen (secondary N) is 3. The van der Waals surface area contributed by atoms with Crippen molar-refractivity contribution in [3.05, 3.63) is 46.7 Å². The lowest BCUT2D eigenvalue weighted by Gasteiger charge is -2.12. The number of anilines is 2. The van der Waals surface area contributed by atoms with E-state index in [1.165, 1.54) is 23.5 Å². The van der Waals surface area contributed by atoms with E-state index in [-0.39, 0.29) is 17.4 Å². The Hall–Kier alpha value is -3.53. The number of methoxy groups -OCH3 is 1. The molecule has 3 aromatic rings. The molecule has 10 heteroatoms. The highest BCUT2D eigenvalue weighted by Crippen LogP contribution is 2.29. The number of carbonyl (C=O) groups excluding carboxylic acids is 1. The molecule has 1 aromatic carbocycles. The van der Waals surface area contributed by atoms with Gasteiger partial charge in [-0.3, -0.25) is 10.1 Å². The number of nitrogens with zero attached hydrogens (tertiary/aromatic N) is 2. The zero-order valence-electron chi connectivity index (χ0n) is 15.5. The zero-order chi connectivity index (χ0) is 20.4. The molecule has 1 aliphatic rings. The molecule has 2 heterocycles. The summed E-state index contributed by atoms with van der Waals surface area (Å²) in [5.41, 5.74) is 2.56. The van der Waals surface area contributed by atoms with Crippen LogP contribution in [0.5, 0.6) is 11.5 Å². The van der Waals surface area contributed by atoms with Crippen molar-refractivity contribution in [3.8, 4) is 11.5 Å². The average Bonchev–Trinajstić information content (AvgIpc) is 3.33. The molecule has 0 atom stereocenters. The number of aromatic nitrogens is 3. The van der Waals surface area contributed by atoms with E-state index in [9.17, 15) is 15.0 Å². The molecule has 29 heavy (non-hydrogen) atoms. The monoisotopic (exact) mass is 413 g/mol. The van der Waals surface area contributed by atoms with Gasteiger partial charge in [0.15, 0.2) is 16.6 Å². The Balaban J connectivity index is 1.36. The van der Waals surface area contributed by atoms with Crippen LogP contribution in [0.25, 0.3) is 11.0 Å². The Labute approximate surface area is 169 Å². The van der Waals surface area contributed by atoms with Gasteiger partial charge in [0.05, 0.1) is 36.1 Å². The number of allylic oxidation sites excluding steroid dienone is 3. The highest BCUT2D eigenvalue weighted by atomic mass is 32.1. The lowest BCUT2D eigenvalue weighted by atomic mass is 10.0. The number of hydrogen-bond acceptors (Lipinski definition) is 8. The fraction of sp³-hybridized carbons (Fsp3) is 0.211. The van der Waals surface area contributed by atoms with Crippen LogP contribution < -0.4 is 10.6 Å². The maximum atomic E-state index is 12.4. The predicted molar refractivity (Wildman–Crippen MR) is 110 cm³/mol. The van der Waals surface area contributed by atoms with E-state index in [2.05, 4.69) is 25.6 Å². The first-order valence-corrected chi connectivity index (χ1v) is 9.75. The van der Waals surface area contributed by atoms with Crippen molar-refractivity contribution in [3.63, 3.8) is 0 Å². The number of rotatable bonds is 6. The zero-order valence-corrected chi connectivity index (χ0v) is 16.3. The molecule has 150 valence electrons. The highest BCUT2D eigenvalue weighted by Gasteiger charge is 2.15. The van der Waals surface area contributed by atoms with Crippen LogP contribution in [0.2, 0.25) is 0 Å². The van der Waals surface area contributed by atoms with Crippen LogP contribution in [0.3, 0.4) is 0 Å². The van der Waals surface area contributed by atoms with Gasteiger partial charge in [-0.05, 0) is 12.5 Å². The topological polar surface area (TPSA) is 132 Å². The number of aromatic amines is 1. The van der Waals surface area contributed by atoms with Crippen LogP contribution in [0.15, 0.2) is 41.0 Å². The largest absolute Gasteiger partial charge is 0.504 e. The van der Waals surface area contributed by atoms with Crippen LogP contribution in [0.1, 0.15) is 18.5 Å². The smallest absolute Gasteiger partial charge is 0.253 e. The third kappa shape index (κ3) is 4.16. The molecule has 0 saturated carbocycles. The first-order chi connectivity index (χ1) is 14.0. The van der Waals surface area contributed by atoms with E-state index in [1.807, 2.05) is 11.5 Å². The molecule has 5 N–H and O–H groups in total. The number of aromatic hydroxyl groups is 2. The molecule has 0 bridgehead atoms. The lowest BCUT2D eigenvalue weighted by Crippen LogP contribution is -2.16. The van der Waals surface area contributed by atoms with Gasteiger partial charge < -0.3 is 25.3 Å². The number of amides is 1. The van der Waals surface area contributed by atoms with Gasteiger partial charge in [-0.25, -0.2) is 9.97 Å². The Morgan fingerprint density at radius 1 is 1.24 bits per heavy atom. The van der Waals surface area contributed by atoms with E-state index in [1.54, 1.807) is 13.2 Å². The van der Waals surface area contributed by atoms with Crippen molar-refractivity contribution in [2.24, 2.45) is 0 Å². The third-order valence-electron chi connectivity index (χ3n) is 4.45. The summed E-state index contributed by atoms with van der Waals surface area (Å²) in [6.07, 6.45) is 4.91. The molecule has 9 nitrogen and oxygen atoms in total. The Bertz CT molecular complexity index is 1090. The molecule has 1 aliphatic carbocycles. The van der Waals surface area contributed by atoms with Crippen molar-refractivity contribution < 1.29 is 19.7 Å². The Morgan fingerprint density at radius 2 is 2.07 bits per heavy atom. The van der Waals surface area contributed by atoms with E-state index >= 15 is 0 Å². The summed E-state index contributed by atoms with van der Waals surface area (Å²) in [6, 6.07) is 2.79. The van der Waals surface area contributed by atoms with Crippen molar-refractivity contribution in [1.82, 2.24) is 15.0 Å². The number of phenolic OH excluding ortho intramolecular Hbond substituents is 2. The number of hydrogen-bond donors (Lipinski definition) is 5. The molecular weight excluding hydrogens is 394 g/mol. The minimum atomic E-state index is -0.225. The van der Waals surface area contributed by atoms with Gasteiger partial charge in [0.1, 0.15) is 0 Å². The summed E-state index contributed by atoms with van der Waals surface area (Å²) >= 11 is 1.34. The molecule has 0 saturated heterocycles. The summed E-state index contributed by atoms with van der Waals surface area (Å²) < 4.78 is 5.17. The highest BCUT2D eigenvalue weighted by molar-refractivity contribution is 7.14. The predicted octanol–water partition coefficient (Wildman–Crippen LogP) is 3.23. The fourth-order valence-electron chi connectivity index (χ4n) is 2.89. The van der Waals surface area contributed by atoms with Crippen LogP contribution in [0, 0.1) is 0 Å². The molecule has 1 amide bonds.